The second-order valence-electron chi connectivity index (χ2n) is 6.48. The molecular weight excluding hydrogens is 378 g/mol. The Balaban J connectivity index is 1.54. The Morgan fingerprint density at radius 3 is 2.62 bits per heavy atom. The molecule has 0 aromatic heterocycles. The molecule has 2 aromatic carbocycles. The quantitative estimate of drug-likeness (QED) is 0.520. The molecule has 9 heteroatoms. The predicted octanol–water partition coefficient (Wildman–Crippen LogP) is 2.52. The van der Waals surface area contributed by atoms with Crippen LogP contribution >= 0.6 is 0 Å². The van der Waals surface area contributed by atoms with Gasteiger partial charge in [0.15, 0.2) is 6.61 Å². The van der Waals surface area contributed by atoms with Gasteiger partial charge in [-0.1, -0.05) is 12.1 Å². The van der Waals surface area contributed by atoms with Crippen molar-refractivity contribution in [3.8, 4) is 5.75 Å². The summed E-state index contributed by atoms with van der Waals surface area (Å²) in [5.74, 6) is -0.427. The molecule has 2 amide bonds. The third-order valence-corrected chi connectivity index (χ3v) is 4.38. The fourth-order valence-electron chi connectivity index (χ4n) is 2.90. The summed E-state index contributed by atoms with van der Waals surface area (Å²) in [6.07, 6.45) is 1.93. The third-order valence-electron chi connectivity index (χ3n) is 4.38. The van der Waals surface area contributed by atoms with Crippen molar-refractivity contribution in [1.29, 1.82) is 0 Å². The molecule has 1 aliphatic rings. The molecule has 1 heterocycles. The first-order valence-corrected chi connectivity index (χ1v) is 9.19. The maximum atomic E-state index is 12.5. The van der Waals surface area contributed by atoms with E-state index in [0.717, 1.165) is 12.8 Å². The number of amides is 2. The number of nitrogens with one attached hydrogen (secondary N) is 2. The highest BCUT2D eigenvalue weighted by atomic mass is 16.6. The van der Waals surface area contributed by atoms with Gasteiger partial charge in [0.1, 0.15) is 5.75 Å². The van der Waals surface area contributed by atoms with Crippen molar-refractivity contribution >= 4 is 23.2 Å². The Kier molecular flexibility index (Phi) is 6.75. The highest BCUT2D eigenvalue weighted by molar-refractivity contribution is 6.04. The number of hydrogen-bond donors (Lipinski definition) is 2. The van der Waals surface area contributed by atoms with Gasteiger partial charge in [-0.25, -0.2) is 0 Å². The number of ether oxygens (including phenoxy) is 2. The van der Waals surface area contributed by atoms with Gasteiger partial charge in [-0.15, -0.1) is 0 Å². The Morgan fingerprint density at radius 1 is 1.17 bits per heavy atom. The highest BCUT2D eigenvalue weighted by Crippen LogP contribution is 2.18. The molecule has 1 atom stereocenters. The molecule has 2 aromatic rings. The van der Waals surface area contributed by atoms with Gasteiger partial charge < -0.3 is 20.1 Å². The summed E-state index contributed by atoms with van der Waals surface area (Å²) in [6, 6.07) is 12.1. The minimum Gasteiger partial charge on any atom is -0.484 e. The second kappa shape index (κ2) is 9.65. The summed E-state index contributed by atoms with van der Waals surface area (Å²) >= 11 is 0. The van der Waals surface area contributed by atoms with Crippen molar-refractivity contribution in [2.45, 2.75) is 18.9 Å². The van der Waals surface area contributed by atoms with E-state index in [9.17, 15) is 19.7 Å². The SMILES string of the molecule is O=C(COc1ccc([N+](=O)[O-])cc1)Nc1ccccc1C(=O)NCC1CCCO1. The first-order valence-electron chi connectivity index (χ1n) is 9.19. The number of non-ortho nitro benzene ring substituents is 1. The summed E-state index contributed by atoms with van der Waals surface area (Å²) in [6.45, 7) is 0.829. The lowest BCUT2D eigenvalue weighted by Crippen LogP contribution is -2.32. The van der Waals surface area contributed by atoms with Crippen LogP contribution in [0.3, 0.4) is 0 Å². The van der Waals surface area contributed by atoms with Gasteiger partial charge in [0.25, 0.3) is 17.5 Å². The molecule has 0 aliphatic carbocycles. The predicted molar refractivity (Wildman–Crippen MR) is 105 cm³/mol. The van der Waals surface area contributed by atoms with Gasteiger partial charge >= 0.3 is 0 Å². The maximum Gasteiger partial charge on any atom is 0.269 e. The van der Waals surface area contributed by atoms with Gasteiger partial charge in [-0.2, -0.15) is 0 Å². The van der Waals surface area contributed by atoms with Crippen molar-refractivity contribution in [3.63, 3.8) is 0 Å². The topological polar surface area (TPSA) is 120 Å². The monoisotopic (exact) mass is 399 g/mol. The number of carbonyl (C=O) groups is 2. The van der Waals surface area contributed by atoms with Gasteiger partial charge in [0, 0.05) is 25.3 Å². The zero-order valence-corrected chi connectivity index (χ0v) is 15.6. The molecule has 2 N–H and O–H groups in total. The minimum absolute atomic E-state index is 0.0239. The average molecular weight is 399 g/mol. The van der Waals surface area contributed by atoms with Crippen LogP contribution < -0.4 is 15.4 Å². The zero-order valence-electron chi connectivity index (χ0n) is 15.6. The molecule has 0 bridgehead atoms. The number of benzene rings is 2. The first-order chi connectivity index (χ1) is 14.0. The van der Waals surface area contributed by atoms with Crippen molar-refractivity contribution in [2.24, 2.45) is 0 Å². The van der Waals surface area contributed by atoms with Crippen molar-refractivity contribution in [2.75, 3.05) is 25.1 Å². The summed E-state index contributed by atoms with van der Waals surface area (Å²) in [4.78, 5) is 34.8. The lowest BCUT2D eigenvalue weighted by molar-refractivity contribution is -0.384. The number of nitro benzene ring substituents is 1. The van der Waals surface area contributed by atoms with E-state index >= 15 is 0 Å². The van der Waals surface area contributed by atoms with E-state index in [1.807, 2.05) is 0 Å². The number of anilines is 1. The van der Waals surface area contributed by atoms with E-state index < -0.39 is 10.8 Å². The van der Waals surface area contributed by atoms with Crippen molar-refractivity contribution in [3.05, 3.63) is 64.2 Å². The molecule has 0 saturated carbocycles. The van der Waals surface area contributed by atoms with Crippen LogP contribution in [0.5, 0.6) is 5.75 Å². The molecule has 1 aliphatic heterocycles. The Labute approximate surface area is 167 Å². The van der Waals surface area contributed by atoms with Gasteiger partial charge in [0.2, 0.25) is 0 Å². The second-order valence-corrected chi connectivity index (χ2v) is 6.48. The van der Waals surface area contributed by atoms with Crippen LogP contribution in [0.25, 0.3) is 0 Å². The molecule has 152 valence electrons. The van der Waals surface area contributed by atoms with E-state index in [2.05, 4.69) is 10.6 Å². The number of nitro groups is 1. The maximum absolute atomic E-state index is 12.5. The van der Waals surface area contributed by atoms with Gasteiger partial charge in [-0.3, -0.25) is 19.7 Å². The average Bonchev–Trinajstić information content (AvgIpc) is 3.25. The molecule has 9 nitrogen and oxygen atoms in total. The summed E-state index contributed by atoms with van der Waals surface area (Å²) in [5.41, 5.74) is 0.647. The van der Waals surface area contributed by atoms with Crippen LogP contribution in [-0.2, 0) is 9.53 Å². The normalized spacial score (nSPS) is 15.5. The molecule has 0 spiro atoms. The Morgan fingerprint density at radius 2 is 1.93 bits per heavy atom. The molecule has 1 fully saturated rings. The van der Waals surface area contributed by atoms with Crippen LogP contribution in [0.4, 0.5) is 11.4 Å². The highest BCUT2D eigenvalue weighted by Gasteiger charge is 2.18. The molecule has 1 unspecified atom stereocenters. The fourth-order valence-corrected chi connectivity index (χ4v) is 2.90. The number of rotatable bonds is 8. The van der Waals surface area contributed by atoms with E-state index in [1.165, 1.54) is 24.3 Å². The van der Waals surface area contributed by atoms with Crippen LogP contribution in [0.15, 0.2) is 48.5 Å². The number of para-hydroxylation sites is 1. The largest absolute Gasteiger partial charge is 0.484 e. The molecule has 29 heavy (non-hydrogen) atoms. The van der Waals surface area contributed by atoms with Crippen LogP contribution in [-0.4, -0.2) is 42.6 Å². The number of carbonyl (C=O) groups excluding carboxylic acids is 2. The smallest absolute Gasteiger partial charge is 0.269 e. The van der Waals surface area contributed by atoms with Crippen LogP contribution in [0.2, 0.25) is 0 Å². The number of hydrogen-bond acceptors (Lipinski definition) is 6. The van der Waals surface area contributed by atoms with Crippen molar-refractivity contribution in [1.82, 2.24) is 5.32 Å². The first kappa shape index (κ1) is 20.3. The minimum atomic E-state index is -0.517. The molecule has 0 radical (unpaired) electrons. The molecule has 3 rings (SSSR count). The van der Waals surface area contributed by atoms with Gasteiger partial charge in [-0.05, 0) is 37.1 Å². The van der Waals surface area contributed by atoms with E-state index in [0.29, 0.717) is 30.2 Å². The summed E-state index contributed by atoms with van der Waals surface area (Å²) in [5, 5.41) is 16.1. The Hall–Kier alpha value is -3.46. The van der Waals surface area contributed by atoms with E-state index in [-0.39, 0.29) is 24.3 Å². The van der Waals surface area contributed by atoms with Crippen LogP contribution in [0.1, 0.15) is 23.2 Å². The number of nitrogens with zero attached hydrogens (tertiary/aromatic N) is 1. The summed E-state index contributed by atoms with van der Waals surface area (Å²) < 4.78 is 10.8. The third kappa shape index (κ3) is 5.76. The summed E-state index contributed by atoms with van der Waals surface area (Å²) in [7, 11) is 0. The van der Waals surface area contributed by atoms with E-state index in [4.69, 9.17) is 9.47 Å². The standard InChI is InChI=1S/C20H21N3O6/c24-19(13-29-15-9-7-14(8-10-15)23(26)27)22-18-6-2-1-5-17(18)20(25)21-12-16-4-3-11-28-16/h1-2,5-10,16H,3-4,11-13H2,(H,21,25)(H,22,24). The Bertz CT molecular complexity index is 878. The van der Waals surface area contributed by atoms with Crippen LogP contribution in [0, 0.1) is 10.1 Å². The van der Waals surface area contributed by atoms with Gasteiger partial charge in [0.05, 0.1) is 22.3 Å². The lowest BCUT2D eigenvalue weighted by Gasteiger charge is -2.14. The molecular formula is C20H21N3O6. The van der Waals surface area contributed by atoms with E-state index in [1.54, 1.807) is 24.3 Å². The zero-order chi connectivity index (χ0) is 20.6. The fraction of sp³-hybridized carbons (Fsp3) is 0.300. The van der Waals surface area contributed by atoms with Crippen molar-refractivity contribution < 1.29 is 24.0 Å². The molecule has 1 saturated heterocycles. The lowest BCUT2D eigenvalue weighted by atomic mass is 10.1.